The van der Waals surface area contributed by atoms with E-state index in [1.807, 2.05) is 31.3 Å². The van der Waals surface area contributed by atoms with Crippen LogP contribution in [0.5, 0.6) is 0 Å². The van der Waals surface area contributed by atoms with Crippen molar-refractivity contribution in [3.05, 3.63) is 18.0 Å². The van der Waals surface area contributed by atoms with E-state index in [0.29, 0.717) is 6.04 Å². The molecule has 20 heavy (non-hydrogen) atoms. The lowest BCUT2D eigenvalue weighted by molar-refractivity contribution is 0.255. The Labute approximate surface area is 121 Å². The first kappa shape index (κ1) is 13.8. The summed E-state index contributed by atoms with van der Waals surface area (Å²) >= 11 is 0. The van der Waals surface area contributed by atoms with E-state index in [1.165, 1.54) is 25.8 Å². The van der Waals surface area contributed by atoms with Gasteiger partial charge in [0.1, 0.15) is 0 Å². The van der Waals surface area contributed by atoms with Crippen LogP contribution in [-0.2, 0) is 6.54 Å². The summed E-state index contributed by atoms with van der Waals surface area (Å²) < 4.78 is 0. The molecular weight excluding hydrogens is 250 g/mol. The van der Waals surface area contributed by atoms with Gasteiger partial charge in [0.15, 0.2) is 0 Å². The molecule has 5 heteroatoms. The highest BCUT2D eigenvalue weighted by Crippen LogP contribution is 2.33. The number of hydrogen-bond donors (Lipinski definition) is 1. The second kappa shape index (κ2) is 5.66. The van der Waals surface area contributed by atoms with Gasteiger partial charge in [0.05, 0.1) is 5.69 Å². The van der Waals surface area contributed by atoms with E-state index in [0.717, 1.165) is 30.3 Å². The highest BCUT2D eigenvalue weighted by molar-refractivity contribution is 5.27. The molecule has 2 aliphatic rings. The average molecular weight is 275 g/mol. The minimum atomic E-state index is 0.600. The topological polar surface area (TPSA) is 44.3 Å². The zero-order valence-corrected chi connectivity index (χ0v) is 12.7. The van der Waals surface area contributed by atoms with Crippen molar-refractivity contribution in [1.82, 2.24) is 20.2 Å². The van der Waals surface area contributed by atoms with E-state index in [9.17, 15) is 0 Å². The molecule has 1 aromatic heterocycles. The first-order valence-corrected chi connectivity index (χ1v) is 7.62. The van der Waals surface area contributed by atoms with Crippen molar-refractivity contribution >= 4 is 5.95 Å². The quantitative estimate of drug-likeness (QED) is 0.876. The molecule has 0 bridgehead atoms. The summed E-state index contributed by atoms with van der Waals surface area (Å²) in [5.74, 6) is 0.781. The number of nitrogens with zero attached hydrogens (tertiary/aromatic N) is 4. The molecule has 1 saturated heterocycles. The van der Waals surface area contributed by atoms with Crippen molar-refractivity contribution in [3.63, 3.8) is 0 Å². The molecule has 2 fully saturated rings. The third kappa shape index (κ3) is 3.10. The van der Waals surface area contributed by atoms with Crippen molar-refractivity contribution in [2.45, 2.75) is 50.9 Å². The molecule has 1 saturated carbocycles. The van der Waals surface area contributed by atoms with Gasteiger partial charge < -0.3 is 10.2 Å². The van der Waals surface area contributed by atoms with Crippen LogP contribution in [0.4, 0.5) is 5.95 Å². The van der Waals surface area contributed by atoms with Crippen molar-refractivity contribution in [2.24, 2.45) is 0 Å². The van der Waals surface area contributed by atoms with E-state index in [2.05, 4.69) is 27.1 Å². The monoisotopic (exact) mass is 275 g/mol. The molecule has 0 radical (unpaired) electrons. The van der Waals surface area contributed by atoms with Gasteiger partial charge in [-0.25, -0.2) is 9.97 Å². The fraction of sp³-hybridized carbons (Fsp3) is 0.733. The van der Waals surface area contributed by atoms with Gasteiger partial charge in [-0.1, -0.05) is 0 Å². The third-order valence-electron chi connectivity index (χ3n) is 4.31. The summed E-state index contributed by atoms with van der Waals surface area (Å²) in [5, 5.41) is 3.66. The van der Waals surface area contributed by atoms with Crippen LogP contribution in [0.1, 0.15) is 31.9 Å². The molecule has 0 aromatic carbocycles. The Kier molecular flexibility index (Phi) is 3.89. The maximum atomic E-state index is 4.56. The second-order valence-corrected chi connectivity index (χ2v) is 6.33. The summed E-state index contributed by atoms with van der Waals surface area (Å²) in [6, 6.07) is 4.19. The Balaban J connectivity index is 1.53. The maximum absolute atomic E-state index is 4.56. The van der Waals surface area contributed by atoms with Crippen molar-refractivity contribution in [2.75, 3.05) is 25.5 Å². The molecule has 3 rings (SSSR count). The Morgan fingerprint density at radius 1 is 1.40 bits per heavy atom. The van der Waals surface area contributed by atoms with Crippen LogP contribution in [0.25, 0.3) is 0 Å². The van der Waals surface area contributed by atoms with Crippen LogP contribution < -0.4 is 10.2 Å². The highest BCUT2D eigenvalue weighted by atomic mass is 15.3. The zero-order valence-electron chi connectivity index (χ0n) is 12.7. The molecule has 2 heterocycles. The van der Waals surface area contributed by atoms with E-state index < -0.39 is 0 Å². The molecule has 1 aliphatic heterocycles. The Morgan fingerprint density at radius 3 is 2.90 bits per heavy atom. The minimum absolute atomic E-state index is 0.600. The standard InChI is InChI=1S/C15H25N5/c1-11-8-13(10-20(11)14-4-5-14)17-9-12-6-7-16-15(18-12)19(2)3/h6-7,11,13-14,17H,4-5,8-10H2,1-3H3/t11-,13-/m1/s1. The Bertz CT molecular complexity index is 457. The SMILES string of the molecule is C[C@@H]1C[C@@H](NCc2ccnc(N(C)C)n2)CN1C1CC1. The molecule has 1 aliphatic carbocycles. The normalized spacial score (nSPS) is 26.9. The summed E-state index contributed by atoms with van der Waals surface area (Å²) in [5.41, 5.74) is 1.07. The molecule has 5 nitrogen and oxygen atoms in total. The van der Waals surface area contributed by atoms with Crippen molar-refractivity contribution in [3.8, 4) is 0 Å². The molecule has 0 spiro atoms. The predicted octanol–water partition coefficient (Wildman–Crippen LogP) is 1.26. The predicted molar refractivity (Wildman–Crippen MR) is 80.8 cm³/mol. The van der Waals surface area contributed by atoms with E-state index >= 15 is 0 Å². The molecule has 1 N–H and O–H groups in total. The van der Waals surface area contributed by atoms with Crippen LogP contribution in [0.3, 0.4) is 0 Å². The first-order chi connectivity index (χ1) is 9.63. The molecular formula is C15H25N5. The number of likely N-dealkylation sites (tertiary alicyclic amines) is 1. The largest absolute Gasteiger partial charge is 0.347 e. The maximum Gasteiger partial charge on any atom is 0.225 e. The second-order valence-electron chi connectivity index (χ2n) is 6.33. The van der Waals surface area contributed by atoms with Crippen LogP contribution in [0.15, 0.2) is 12.3 Å². The molecule has 0 unspecified atom stereocenters. The third-order valence-corrected chi connectivity index (χ3v) is 4.31. The van der Waals surface area contributed by atoms with Gasteiger partial charge in [0, 0.05) is 51.5 Å². The fourth-order valence-electron chi connectivity index (χ4n) is 3.07. The number of nitrogens with one attached hydrogen (secondary N) is 1. The van der Waals surface area contributed by atoms with Crippen LogP contribution in [-0.4, -0.2) is 53.6 Å². The molecule has 0 amide bonds. The summed E-state index contributed by atoms with van der Waals surface area (Å²) in [6.07, 6.45) is 5.89. The zero-order chi connectivity index (χ0) is 14.1. The van der Waals surface area contributed by atoms with Gasteiger partial charge in [-0.3, -0.25) is 4.90 Å². The molecule has 110 valence electrons. The van der Waals surface area contributed by atoms with E-state index in [1.54, 1.807) is 0 Å². The van der Waals surface area contributed by atoms with Gasteiger partial charge >= 0.3 is 0 Å². The number of hydrogen-bond acceptors (Lipinski definition) is 5. The Hall–Kier alpha value is -1.20. The van der Waals surface area contributed by atoms with Gasteiger partial charge in [0.25, 0.3) is 0 Å². The van der Waals surface area contributed by atoms with Gasteiger partial charge in [-0.2, -0.15) is 0 Å². The summed E-state index contributed by atoms with van der Waals surface area (Å²) in [6.45, 7) is 4.38. The van der Waals surface area contributed by atoms with Crippen molar-refractivity contribution < 1.29 is 0 Å². The summed E-state index contributed by atoms with van der Waals surface area (Å²) in [4.78, 5) is 13.4. The lowest BCUT2D eigenvalue weighted by Crippen LogP contribution is -2.34. The van der Waals surface area contributed by atoms with E-state index in [-0.39, 0.29) is 0 Å². The van der Waals surface area contributed by atoms with Gasteiger partial charge in [-0.15, -0.1) is 0 Å². The fourth-order valence-corrected chi connectivity index (χ4v) is 3.07. The number of anilines is 1. The smallest absolute Gasteiger partial charge is 0.225 e. The lowest BCUT2D eigenvalue weighted by Gasteiger charge is -2.19. The van der Waals surface area contributed by atoms with Gasteiger partial charge in [-0.05, 0) is 32.3 Å². The first-order valence-electron chi connectivity index (χ1n) is 7.62. The minimum Gasteiger partial charge on any atom is -0.347 e. The van der Waals surface area contributed by atoms with E-state index in [4.69, 9.17) is 0 Å². The molecule has 1 aromatic rings. The number of rotatable bonds is 5. The van der Waals surface area contributed by atoms with Crippen LogP contribution >= 0.6 is 0 Å². The Morgan fingerprint density at radius 2 is 2.20 bits per heavy atom. The van der Waals surface area contributed by atoms with Crippen molar-refractivity contribution in [1.29, 1.82) is 0 Å². The summed E-state index contributed by atoms with van der Waals surface area (Å²) in [7, 11) is 3.94. The lowest BCUT2D eigenvalue weighted by atomic mass is 10.2. The number of aromatic nitrogens is 2. The average Bonchev–Trinajstić information content (AvgIpc) is 3.21. The highest BCUT2D eigenvalue weighted by Gasteiger charge is 2.38. The molecule has 2 atom stereocenters. The van der Waals surface area contributed by atoms with Crippen LogP contribution in [0, 0.1) is 0 Å². The van der Waals surface area contributed by atoms with Crippen LogP contribution in [0.2, 0.25) is 0 Å². The van der Waals surface area contributed by atoms with Gasteiger partial charge in [0.2, 0.25) is 5.95 Å².